The zero-order valence-electron chi connectivity index (χ0n) is 12.3. The molecule has 22 heavy (non-hydrogen) atoms. The zero-order chi connectivity index (χ0) is 15.4. The molecule has 3 rings (SSSR count). The number of benzene rings is 2. The second kappa shape index (κ2) is 6.37. The topological polar surface area (TPSA) is 58.0 Å². The van der Waals surface area contributed by atoms with Crippen LogP contribution in [-0.4, -0.2) is 15.1 Å². The van der Waals surface area contributed by atoms with Gasteiger partial charge in [-0.05, 0) is 24.6 Å². The van der Waals surface area contributed by atoms with Crippen molar-refractivity contribution in [2.45, 2.75) is 13.5 Å². The largest absolute Gasteiger partial charge is 0.392 e. The molecule has 1 heterocycles. The fourth-order valence-electron chi connectivity index (χ4n) is 2.24. The van der Waals surface area contributed by atoms with E-state index in [0.29, 0.717) is 5.82 Å². The lowest BCUT2D eigenvalue weighted by Crippen LogP contribution is -1.99. The van der Waals surface area contributed by atoms with Gasteiger partial charge in [0, 0.05) is 23.0 Å². The van der Waals surface area contributed by atoms with Crippen molar-refractivity contribution >= 4 is 11.5 Å². The number of nitrogens with zero attached hydrogens (tertiary/aromatic N) is 2. The molecule has 0 amide bonds. The van der Waals surface area contributed by atoms with Crippen LogP contribution in [0.1, 0.15) is 11.3 Å². The summed E-state index contributed by atoms with van der Waals surface area (Å²) in [6, 6.07) is 19.4. The van der Waals surface area contributed by atoms with Gasteiger partial charge in [-0.2, -0.15) is 0 Å². The quantitative estimate of drug-likeness (QED) is 0.769. The molecule has 2 N–H and O–H groups in total. The van der Waals surface area contributed by atoms with E-state index in [0.717, 1.165) is 28.3 Å². The van der Waals surface area contributed by atoms with Crippen LogP contribution < -0.4 is 5.32 Å². The van der Waals surface area contributed by atoms with E-state index >= 15 is 0 Å². The van der Waals surface area contributed by atoms with Crippen LogP contribution in [0.25, 0.3) is 11.4 Å². The van der Waals surface area contributed by atoms with Gasteiger partial charge in [0.2, 0.25) is 0 Å². The van der Waals surface area contributed by atoms with Gasteiger partial charge >= 0.3 is 0 Å². The van der Waals surface area contributed by atoms with Gasteiger partial charge < -0.3 is 10.4 Å². The fourth-order valence-corrected chi connectivity index (χ4v) is 2.24. The van der Waals surface area contributed by atoms with Crippen LogP contribution in [0.15, 0.2) is 60.7 Å². The number of hydrogen-bond donors (Lipinski definition) is 2. The average molecular weight is 291 g/mol. The van der Waals surface area contributed by atoms with Crippen molar-refractivity contribution < 1.29 is 5.11 Å². The first-order chi connectivity index (χ1) is 10.7. The number of aliphatic hydroxyl groups excluding tert-OH is 1. The molecule has 0 bridgehead atoms. The number of hydrogen-bond acceptors (Lipinski definition) is 4. The Kier molecular flexibility index (Phi) is 4.12. The molecule has 0 saturated heterocycles. The van der Waals surface area contributed by atoms with Gasteiger partial charge in [0.25, 0.3) is 0 Å². The molecule has 3 aromatic rings. The van der Waals surface area contributed by atoms with Crippen molar-refractivity contribution in [2.24, 2.45) is 0 Å². The molecule has 2 aromatic carbocycles. The average Bonchev–Trinajstić information content (AvgIpc) is 2.55. The molecule has 4 nitrogen and oxygen atoms in total. The summed E-state index contributed by atoms with van der Waals surface area (Å²) < 4.78 is 0. The first-order valence-corrected chi connectivity index (χ1v) is 7.12. The lowest BCUT2D eigenvalue weighted by molar-refractivity contribution is 0.282. The van der Waals surface area contributed by atoms with Crippen molar-refractivity contribution in [2.75, 3.05) is 5.32 Å². The van der Waals surface area contributed by atoms with Crippen molar-refractivity contribution in [3.8, 4) is 11.4 Å². The van der Waals surface area contributed by atoms with Crippen LogP contribution in [0.2, 0.25) is 0 Å². The third-order valence-electron chi connectivity index (χ3n) is 3.27. The molecule has 0 fully saturated rings. The summed E-state index contributed by atoms with van der Waals surface area (Å²) in [7, 11) is 0. The first kappa shape index (κ1) is 14.2. The first-order valence-electron chi connectivity index (χ1n) is 7.12. The molecule has 0 aliphatic rings. The Morgan fingerprint density at radius 3 is 2.55 bits per heavy atom. The summed E-state index contributed by atoms with van der Waals surface area (Å²) in [5.41, 5.74) is 3.63. The van der Waals surface area contributed by atoms with Crippen LogP contribution in [-0.2, 0) is 6.61 Å². The SMILES string of the molecule is Cc1cc(Nc2cccc(CO)c2)nc(-c2ccccc2)n1. The highest BCUT2D eigenvalue weighted by Crippen LogP contribution is 2.21. The molecule has 4 heteroatoms. The molecule has 0 saturated carbocycles. The van der Waals surface area contributed by atoms with Gasteiger partial charge in [-0.15, -0.1) is 0 Å². The maximum absolute atomic E-state index is 9.21. The molecule has 1 aromatic heterocycles. The second-order valence-electron chi connectivity index (χ2n) is 5.07. The number of nitrogens with one attached hydrogen (secondary N) is 1. The van der Waals surface area contributed by atoms with Crippen LogP contribution >= 0.6 is 0 Å². The summed E-state index contributed by atoms with van der Waals surface area (Å²) in [5.74, 6) is 1.43. The number of anilines is 2. The van der Waals surface area contributed by atoms with Gasteiger partial charge in [0.05, 0.1) is 6.61 Å². The van der Waals surface area contributed by atoms with E-state index < -0.39 is 0 Å². The third kappa shape index (κ3) is 3.30. The lowest BCUT2D eigenvalue weighted by atomic mass is 10.2. The highest BCUT2D eigenvalue weighted by molar-refractivity contribution is 5.62. The van der Waals surface area contributed by atoms with Gasteiger partial charge in [-0.25, -0.2) is 9.97 Å². The van der Waals surface area contributed by atoms with E-state index in [1.807, 2.05) is 67.6 Å². The van der Waals surface area contributed by atoms with Crippen LogP contribution in [0.4, 0.5) is 11.5 Å². The van der Waals surface area contributed by atoms with Crippen molar-refractivity contribution in [3.05, 3.63) is 71.9 Å². The smallest absolute Gasteiger partial charge is 0.161 e. The number of aryl methyl sites for hydroxylation is 1. The van der Waals surface area contributed by atoms with Crippen LogP contribution in [0.5, 0.6) is 0 Å². The molecule has 110 valence electrons. The molecule has 0 unspecified atom stereocenters. The van der Waals surface area contributed by atoms with E-state index in [4.69, 9.17) is 0 Å². The highest BCUT2D eigenvalue weighted by Gasteiger charge is 2.05. The van der Waals surface area contributed by atoms with Gasteiger partial charge in [0.15, 0.2) is 5.82 Å². The molecule has 0 radical (unpaired) electrons. The Balaban J connectivity index is 1.92. The van der Waals surface area contributed by atoms with E-state index in [9.17, 15) is 5.11 Å². The fraction of sp³-hybridized carbons (Fsp3) is 0.111. The summed E-state index contributed by atoms with van der Waals surface area (Å²) in [6.07, 6.45) is 0. The lowest BCUT2D eigenvalue weighted by Gasteiger charge is -2.09. The summed E-state index contributed by atoms with van der Waals surface area (Å²) >= 11 is 0. The number of rotatable bonds is 4. The maximum Gasteiger partial charge on any atom is 0.161 e. The molecule has 0 aliphatic carbocycles. The summed E-state index contributed by atoms with van der Waals surface area (Å²) in [5, 5.41) is 12.5. The van der Waals surface area contributed by atoms with E-state index in [-0.39, 0.29) is 6.61 Å². The van der Waals surface area contributed by atoms with E-state index in [1.54, 1.807) is 0 Å². The predicted octanol–water partition coefficient (Wildman–Crippen LogP) is 3.69. The van der Waals surface area contributed by atoms with Gasteiger partial charge in [0.1, 0.15) is 5.82 Å². The zero-order valence-corrected chi connectivity index (χ0v) is 12.3. The Hall–Kier alpha value is -2.72. The number of aromatic nitrogens is 2. The Morgan fingerprint density at radius 2 is 1.77 bits per heavy atom. The Labute approximate surface area is 129 Å². The minimum atomic E-state index is 0.0214. The highest BCUT2D eigenvalue weighted by atomic mass is 16.3. The normalized spacial score (nSPS) is 10.5. The van der Waals surface area contributed by atoms with Crippen molar-refractivity contribution in [1.29, 1.82) is 0 Å². The molecule has 0 spiro atoms. The minimum absolute atomic E-state index is 0.0214. The Morgan fingerprint density at radius 1 is 0.955 bits per heavy atom. The van der Waals surface area contributed by atoms with Crippen LogP contribution in [0.3, 0.4) is 0 Å². The Bertz CT molecular complexity index is 772. The van der Waals surface area contributed by atoms with E-state index in [1.165, 1.54) is 0 Å². The second-order valence-corrected chi connectivity index (χ2v) is 5.07. The molecule has 0 atom stereocenters. The molecule has 0 aliphatic heterocycles. The van der Waals surface area contributed by atoms with Gasteiger partial charge in [-0.1, -0.05) is 42.5 Å². The van der Waals surface area contributed by atoms with Gasteiger partial charge in [-0.3, -0.25) is 0 Å². The third-order valence-corrected chi connectivity index (χ3v) is 3.27. The summed E-state index contributed by atoms with van der Waals surface area (Å²) in [4.78, 5) is 9.06. The minimum Gasteiger partial charge on any atom is -0.392 e. The van der Waals surface area contributed by atoms with E-state index in [2.05, 4.69) is 15.3 Å². The number of aliphatic hydroxyl groups is 1. The predicted molar refractivity (Wildman–Crippen MR) is 87.9 cm³/mol. The molecular weight excluding hydrogens is 274 g/mol. The van der Waals surface area contributed by atoms with Crippen molar-refractivity contribution in [3.63, 3.8) is 0 Å². The van der Waals surface area contributed by atoms with Crippen molar-refractivity contribution in [1.82, 2.24) is 9.97 Å². The standard InChI is InChI=1S/C18H17N3O/c1-13-10-17(20-16-9-5-6-14(11-16)12-22)21-18(19-13)15-7-3-2-4-8-15/h2-11,22H,12H2,1H3,(H,19,20,21). The maximum atomic E-state index is 9.21. The van der Waals surface area contributed by atoms with Crippen LogP contribution in [0, 0.1) is 6.92 Å². The monoisotopic (exact) mass is 291 g/mol. The molecular formula is C18H17N3O. The summed E-state index contributed by atoms with van der Waals surface area (Å²) in [6.45, 7) is 1.97.